The van der Waals surface area contributed by atoms with E-state index < -0.39 is 6.10 Å². The smallest absolute Gasteiger partial charge is 0.212 e. The molecule has 0 aliphatic carbocycles. The molecule has 1 fully saturated rings. The van der Waals surface area contributed by atoms with Crippen LogP contribution in [-0.4, -0.2) is 75.6 Å². The number of methoxy groups -OCH3 is 1. The predicted octanol–water partition coefficient (Wildman–Crippen LogP) is 3.14. The molecule has 1 atom stereocenters. The summed E-state index contributed by atoms with van der Waals surface area (Å²) in [6.45, 7) is 6.57. The van der Waals surface area contributed by atoms with Gasteiger partial charge in [0.15, 0.2) is 0 Å². The van der Waals surface area contributed by atoms with Gasteiger partial charge in [-0.1, -0.05) is 13.0 Å². The number of aromatic nitrogens is 4. The highest BCUT2D eigenvalue weighted by Gasteiger charge is 2.19. The summed E-state index contributed by atoms with van der Waals surface area (Å²) in [6, 6.07) is 12.1. The van der Waals surface area contributed by atoms with Gasteiger partial charge < -0.3 is 19.5 Å². The zero-order valence-electron chi connectivity index (χ0n) is 21.6. The van der Waals surface area contributed by atoms with Crippen molar-refractivity contribution in [3.8, 4) is 28.8 Å². The Kier molecular flexibility index (Phi) is 7.67. The first-order valence-corrected chi connectivity index (χ1v) is 12.7. The Morgan fingerprint density at radius 3 is 2.58 bits per heavy atom. The van der Waals surface area contributed by atoms with Gasteiger partial charge in [0.1, 0.15) is 24.2 Å². The lowest BCUT2D eigenvalue weighted by Gasteiger charge is -2.35. The summed E-state index contributed by atoms with van der Waals surface area (Å²) in [6.07, 6.45) is 7.04. The van der Waals surface area contributed by atoms with Gasteiger partial charge in [-0.3, -0.25) is 4.90 Å². The van der Waals surface area contributed by atoms with E-state index in [1.54, 1.807) is 24.0 Å². The lowest BCUT2D eigenvalue weighted by atomic mass is 10.1. The number of aliphatic hydroxyl groups is 1. The average molecular weight is 514 g/mol. The Morgan fingerprint density at radius 2 is 1.92 bits per heavy atom. The highest BCUT2D eigenvalue weighted by Crippen LogP contribution is 2.31. The maximum absolute atomic E-state index is 9.91. The summed E-state index contributed by atoms with van der Waals surface area (Å²) in [5, 5.41) is 23.9. The number of pyridine rings is 3. The molecule has 4 aromatic heterocycles. The second-order valence-corrected chi connectivity index (χ2v) is 9.30. The van der Waals surface area contributed by atoms with E-state index in [0.29, 0.717) is 29.1 Å². The quantitative estimate of drug-likeness (QED) is 0.361. The third kappa shape index (κ3) is 5.54. The normalized spacial score (nSPS) is 14.8. The number of rotatable bonds is 9. The second-order valence-electron chi connectivity index (χ2n) is 9.30. The van der Waals surface area contributed by atoms with Crippen LogP contribution in [0.1, 0.15) is 24.5 Å². The SMILES string of the molecule is CCC(O)COc1cc(-c2ccc(N3CCN(Cc4ccc(OC)nc4)CC3)nc2)c2c(C#N)cnn2c1. The number of fused-ring (bicyclic) bond motifs is 1. The standard InChI is InChI=1S/C28H31N7O3/c1-3-23(36)19-38-24-12-25(28-22(13-29)16-32-35(28)18-24)21-5-6-26(30-15-21)34-10-8-33(9-11-34)17-20-4-7-27(37-2)31-14-20/h4-7,12,14-16,18,23,36H,3,8-11,17,19H2,1-2H3. The molecule has 10 heteroatoms. The summed E-state index contributed by atoms with van der Waals surface area (Å²) < 4.78 is 12.6. The van der Waals surface area contributed by atoms with Crippen LogP contribution in [0.25, 0.3) is 16.6 Å². The van der Waals surface area contributed by atoms with E-state index in [4.69, 9.17) is 14.5 Å². The van der Waals surface area contributed by atoms with E-state index in [1.807, 2.05) is 43.6 Å². The van der Waals surface area contributed by atoms with Gasteiger partial charge in [-0.25, -0.2) is 14.5 Å². The number of anilines is 1. The zero-order valence-corrected chi connectivity index (χ0v) is 21.6. The maximum atomic E-state index is 9.91. The number of hydrogen-bond donors (Lipinski definition) is 1. The van der Waals surface area contributed by atoms with Crippen molar-refractivity contribution >= 4 is 11.3 Å². The molecule has 0 radical (unpaired) electrons. The number of ether oxygens (including phenoxy) is 2. The first kappa shape index (κ1) is 25.4. The Balaban J connectivity index is 1.29. The molecule has 0 aromatic carbocycles. The van der Waals surface area contributed by atoms with E-state index >= 15 is 0 Å². The van der Waals surface area contributed by atoms with Crippen molar-refractivity contribution in [1.29, 1.82) is 5.26 Å². The van der Waals surface area contributed by atoms with E-state index in [2.05, 4.69) is 32.0 Å². The average Bonchev–Trinajstić information content (AvgIpc) is 3.39. The van der Waals surface area contributed by atoms with Crippen LogP contribution in [0, 0.1) is 11.3 Å². The summed E-state index contributed by atoms with van der Waals surface area (Å²) in [7, 11) is 1.62. The molecule has 0 saturated carbocycles. The van der Waals surface area contributed by atoms with Crippen LogP contribution in [0.4, 0.5) is 5.82 Å². The third-order valence-corrected chi connectivity index (χ3v) is 6.79. The van der Waals surface area contributed by atoms with Gasteiger partial charge in [-0.05, 0) is 30.2 Å². The van der Waals surface area contributed by atoms with Crippen LogP contribution in [0.15, 0.2) is 55.1 Å². The minimum atomic E-state index is -0.546. The molecule has 0 spiro atoms. The molecular formula is C28H31N7O3. The number of nitrogens with zero attached hydrogens (tertiary/aromatic N) is 7. The molecule has 0 bridgehead atoms. The van der Waals surface area contributed by atoms with Crippen molar-refractivity contribution in [1.82, 2.24) is 24.5 Å². The van der Waals surface area contributed by atoms with Gasteiger partial charge in [-0.15, -0.1) is 0 Å². The van der Waals surface area contributed by atoms with Crippen LogP contribution in [0.5, 0.6) is 11.6 Å². The first-order chi connectivity index (χ1) is 18.6. The predicted molar refractivity (Wildman–Crippen MR) is 143 cm³/mol. The first-order valence-electron chi connectivity index (χ1n) is 12.7. The molecule has 4 aromatic rings. The molecule has 5 heterocycles. The third-order valence-electron chi connectivity index (χ3n) is 6.79. The number of aliphatic hydroxyl groups excluding tert-OH is 1. The van der Waals surface area contributed by atoms with Gasteiger partial charge >= 0.3 is 0 Å². The van der Waals surface area contributed by atoms with Crippen molar-refractivity contribution in [3.63, 3.8) is 0 Å². The molecule has 1 N–H and O–H groups in total. The topological polar surface area (TPSA) is 112 Å². The van der Waals surface area contributed by atoms with Crippen molar-refractivity contribution in [3.05, 3.63) is 66.2 Å². The lowest BCUT2D eigenvalue weighted by molar-refractivity contribution is 0.104. The molecule has 0 amide bonds. The van der Waals surface area contributed by atoms with Gasteiger partial charge in [0.2, 0.25) is 5.88 Å². The van der Waals surface area contributed by atoms with E-state index in [0.717, 1.165) is 49.7 Å². The number of nitriles is 1. The molecular weight excluding hydrogens is 482 g/mol. The van der Waals surface area contributed by atoms with Gasteiger partial charge in [0.25, 0.3) is 0 Å². The maximum Gasteiger partial charge on any atom is 0.212 e. The molecule has 1 saturated heterocycles. The van der Waals surface area contributed by atoms with E-state index in [9.17, 15) is 10.4 Å². The minimum Gasteiger partial charge on any atom is -0.489 e. The summed E-state index contributed by atoms with van der Waals surface area (Å²) >= 11 is 0. The number of hydrogen-bond acceptors (Lipinski definition) is 9. The van der Waals surface area contributed by atoms with Crippen LogP contribution in [0.2, 0.25) is 0 Å². The van der Waals surface area contributed by atoms with E-state index in [1.165, 1.54) is 5.56 Å². The molecule has 5 rings (SSSR count). The highest BCUT2D eigenvalue weighted by atomic mass is 16.5. The lowest BCUT2D eigenvalue weighted by Crippen LogP contribution is -2.46. The van der Waals surface area contributed by atoms with Crippen LogP contribution < -0.4 is 14.4 Å². The molecule has 38 heavy (non-hydrogen) atoms. The van der Waals surface area contributed by atoms with Crippen molar-refractivity contribution in [2.45, 2.75) is 26.0 Å². The summed E-state index contributed by atoms with van der Waals surface area (Å²) in [4.78, 5) is 13.8. The Labute approximate surface area is 221 Å². The molecule has 1 aliphatic heterocycles. The Morgan fingerprint density at radius 1 is 1.08 bits per heavy atom. The van der Waals surface area contributed by atoms with Crippen molar-refractivity contribution < 1.29 is 14.6 Å². The molecule has 10 nitrogen and oxygen atoms in total. The summed E-state index contributed by atoms with van der Waals surface area (Å²) in [5.41, 5.74) is 4.02. The van der Waals surface area contributed by atoms with Crippen LogP contribution >= 0.6 is 0 Å². The fraction of sp³-hybridized carbons (Fsp3) is 0.357. The van der Waals surface area contributed by atoms with Crippen LogP contribution in [-0.2, 0) is 6.54 Å². The fourth-order valence-corrected chi connectivity index (χ4v) is 4.54. The number of piperazine rings is 1. The van der Waals surface area contributed by atoms with Gasteiger partial charge in [-0.2, -0.15) is 10.4 Å². The van der Waals surface area contributed by atoms with Crippen LogP contribution in [0.3, 0.4) is 0 Å². The van der Waals surface area contributed by atoms with Gasteiger partial charge in [0.05, 0.1) is 36.7 Å². The minimum absolute atomic E-state index is 0.186. The zero-order chi connectivity index (χ0) is 26.5. The highest BCUT2D eigenvalue weighted by molar-refractivity contribution is 5.85. The molecule has 1 aliphatic rings. The van der Waals surface area contributed by atoms with E-state index in [-0.39, 0.29) is 6.61 Å². The Hall–Kier alpha value is -4.20. The van der Waals surface area contributed by atoms with Crippen molar-refractivity contribution in [2.75, 3.05) is 44.8 Å². The van der Waals surface area contributed by atoms with Crippen molar-refractivity contribution in [2.24, 2.45) is 0 Å². The molecule has 196 valence electrons. The van der Waals surface area contributed by atoms with Gasteiger partial charge in [0, 0.05) is 62.3 Å². The largest absolute Gasteiger partial charge is 0.489 e. The second kappa shape index (κ2) is 11.5. The molecule has 1 unspecified atom stereocenters. The fourth-order valence-electron chi connectivity index (χ4n) is 4.54. The monoisotopic (exact) mass is 513 g/mol. The summed E-state index contributed by atoms with van der Waals surface area (Å²) in [5.74, 6) is 2.11. The Bertz CT molecular complexity index is 1410.